The number of benzene rings is 1. The van der Waals surface area contributed by atoms with Crippen molar-refractivity contribution < 1.29 is 4.74 Å². The molecule has 0 amide bonds. The van der Waals surface area contributed by atoms with Crippen LogP contribution in [0.3, 0.4) is 0 Å². The molecule has 0 saturated carbocycles. The lowest BCUT2D eigenvalue weighted by Gasteiger charge is -2.11. The molecule has 0 aliphatic carbocycles. The molecule has 0 aliphatic heterocycles. The van der Waals surface area contributed by atoms with Crippen molar-refractivity contribution in [2.24, 2.45) is 5.73 Å². The minimum atomic E-state index is -0.0777. The summed E-state index contributed by atoms with van der Waals surface area (Å²) in [6, 6.07) is 7.33. The summed E-state index contributed by atoms with van der Waals surface area (Å²) in [6.45, 7) is 0.539. The van der Waals surface area contributed by atoms with E-state index < -0.39 is 0 Å². The van der Waals surface area contributed by atoms with Crippen LogP contribution in [-0.2, 0) is 6.42 Å². The Balaban J connectivity index is 2.05. The Morgan fingerprint density at radius 1 is 1.39 bits per heavy atom. The van der Waals surface area contributed by atoms with Crippen molar-refractivity contribution in [2.45, 2.75) is 6.42 Å². The second-order valence-electron chi connectivity index (χ2n) is 3.76. The molecule has 1 aromatic carbocycles. The Bertz CT molecular complexity index is 540. The van der Waals surface area contributed by atoms with Crippen LogP contribution in [0.2, 0.25) is 5.02 Å². The Morgan fingerprint density at radius 2 is 2.22 bits per heavy atom. The highest BCUT2D eigenvalue weighted by Crippen LogP contribution is 2.26. The molecule has 2 aromatic rings. The monoisotopic (exact) mass is 280 g/mol. The van der Waals surface area contributed by atoms with Crippen LogP contribution in [0.5, 0.6) is 5.75 Å². The van der Waals surface area contributed by atoms with Crippen LogP contribution in [0, 0.1) is 5.41 Å². The Kier molecular flexibility index (Phi) is 4.23. The van der Waals surface area contributed by atoms with Gasteiger partial charge in [-0.25, -0.2) is 0 Å². The van der Waals surface area contributed by atoms with Gasteiger partial charge in [0.2, 0.25) is 0 Å². The van der Waals surface area contributed by atoms with E-state index in [2.05, 4.69) is 11.4 Å². The lowest BCUT2D eigenvalue weighted by molar-refractivity contribution is 0.321. The highest BCUT2D eigenvalue weighted by molar-refractivity contribution is 7.07. The largest absolute Gasteiger partial charge is 0.492 e. The highest BCUT2D eigenvalue weighted by Gasteiger charge is 2.10. The predicted octanol–water partition coefficient (Wildman–Crippen LogP) is 3.31. The molecule has 0 spiro atoms. The molecule has 1 heterocycles. The van der Waals surface area contributed by atoms with E-state index in [1.165, 1.54) is 5.56 Å². The maximum Gasteiger partial charge on any atom is 0.131 e. The second kappa shape index (κ2) is 5.89. The molecule has 18 heavy (non-hydrogen) atoms. The van der Waals surface area contributed by atoms with E-state index in [0.29, 0.717) is 22.9 Å². The standard InChI is InChI=1S/C13H13ClN2OS/c14-10-2-1-3-11(12(10)13(15)16)17-6-4-9-5-7-18-8-9/h1-3,5,7-8H,4,6H2,(H3,15,16). The minimum absolute atomic E-state index is 0.0777. The molecule has 2 rings (SSSR count). The molecule has 0 fully saturated rings. The van der Waals surface area contributed by atoms with E-state index >= 15 is 0 Å². The highest BCUT2D eigenvalue weighted by atomic mass is 35.5. The summed E-state index contributed by atoms with van der Waals surface area (Å²) in [5, 5.41) is 12.1. The van der Waals surface area contributed by atoms with Gasteiger partial charge in [-0.3, -0.25) is 5.41 Å². The number of hydrogen-bond donors (Lipinski definition) is 2. The first kappa shape index (κ1) is 12.9. The molecule has 3 nitrogen and oxygen atoms in total. The van der Waals surface area contributed by atoms with Crippen molar-refractivity contribution in [1.82, 2.24) is 0 Å². The first-order valence-corrected chi connectivity index (χ1v) is 6.77. The van der Waals surface area contributed by atoms with Gasteiger partial charge in [0.05, 0.1) is 17.2 Å². The summed E-state index contributed by atoms with van der Waals surface area (Å²) in [4.78, 5) is 0. The number of nitrogens with two attached hydrogens (primary N) is 1. The normalized spacial score (nSPS) is 10.3. The van der Waals surface area contributed by atoms with Crippen LogP contribution in [0.25, 0.3) is 0 Å². The van der Waals surface area contributed by atoms with E-state index in [1.807, 2.05) is 5.38 Å². The van der Waals surface area contributed by atoms with E-state index in [4.69, 9.17) is 27.5 Å². The van der Waals surface area contributed by atoms with Gasteiger partial charge in [-0.1, -0.05) is 17.7 Å². The molecule has 0 saturated heterocycles. The van der Waals surface area contributed by atoms with Crippen molar-refractivity contribution in [3.63, 3.8) is 0 Å². The van der Waals surface area contributed by atoms with Gasteiger partial charge in [0.15, 0.2) is 0 Å². The molecule has 0 unspecified atom stereocenters. The molecule has 0 aliphatic rings. The molecular weight excluding hydrogens is 268 g/mol. The van der Waals surface area contributed by atoms with E-state index in [0.717, 1.165) is 6.42 Å². The molecule has 94 valence electrons. The average molecular weight is 281 g/mol. The van der Waals surface area contributed by atoms with Gasteiger partial charge in [0.1, 0.15) is 11.6 Å². The molecule has 5 heteroatoms. The maximum atomic E-state index is 7.51. The van der Waals surface area contributed by atoms with Crippen LogP contribution in [-0.4, -0.2) is 12.4 Å². The third-order valence-electron chi connectivity index (χ3n) is 2.47. The quantitative estimate of drug-likeness (QED) is 0.652. The van der Waals surface area contributed by atoms with Gasteiger partial charge in [0.25, 0.3) is 0 Å². The summed E-state index contributed by atoms with van der Waals surface area (Å²) < 4.78 is 5.65. The fraction of sp³-hybridized carbons (Fsp3) is 0.154. The fourth-order valence-corrected chi connectivity index (χ4v) is 2.57. The number of thiophene rings is 1. The molecule has 3 N–H and O–H groups in total. The van der Waals surface area contributed by atoms with Crippen molar-refractivity contribution in [1.29, 1.82) is 5.41 Å². The van der Waals surface area contributed by atoms with Gasteiger partial charge in [-0.2, -0.15) is 11.3 Å². The number of nitrogen functional groups attached to an aromatic ring is 1. The van der Waals surface area contributed by atoms with E-state index in [-0.39, 0.29) is 5.84 Å². The van der Waals surface area contributed by atoms with Crippen molar-refractivity contribution in [3.05, 3.63) is 51.2 Å². The number of halogens is 1. The van der Waals surface area contributed by atoms with Crippen LogP contribution in [0.1, 0.15) is 11.1 Å². The van der Waals surface area contributed by atoms with Crippen molar-refractivity contribution in [2.75, 3.05) is 6.61 Å². The smallest absolute Gasteiger partial charge is 0.131 e. The zero-order valence-corrected chi connectivity index (χ0v) is 11.2. The summed E-state index contributed by atoms with van der Waals surface area (Å²) in [5.74, 6) is 0.483. The molecule has 0 radical (unpaired) electrons. The van der Waals surface area contributed by atoms with Gasteiger partial charge in [-0.05, 0) is 34.5 Å². The lowest BCUT2D eigenvalue weighted by Crippen LogP contribution is -2.14. The maximum absolute atomic E-state index is 7.51. The Labute approximate surface area is 115 Å². The zero-order chi connectivity index (χ0) is 13.0. The third-order valence-corrected chi connectivity index (χ3v) is 3.52. The number of amidine groups is 1. The van der Waals surface area contributed by atoms with Gasteiger partial charge in [0, 0.05) is 6.42 Å². The van der Waals surface area contributed by atoms with Crippen LogP contribution >= 0.6 is 22.9 Å². The van der Waals surface area contributed by atoms with Gasteiger partial charge >= 0.3 is 0 Å². The minimum Gasteiger partial charge on any atom is -0.492 e. The van der Waals surface area contributed by atoms with Gasteiger partial charge in [-0.15, -0.1) is 0 Å². The van der Waals surface area contributed by atoms with Crippen LogP contribution in [0.4, 0.5) is 0 Å². The fourth-order valence-electron chi connectivity index (χ4n) is 1.60. The molecule has 0 bridgehead atoms. The second-order valence-corrected chi connectivity index (χ2v) is 4.94. The first-order chi connectivity index (χ1) is 8.68. The molecular formula is C13H13ClN2OS. The van der Waals surface area contributed by atoms with Crippen LogP contribution < -0.4 is 10.5 Å². The number of rotatable bonds is 5. The number of nitrogens with one attached hydrogen (secondary N) is 1. The van der Waals surface area contributed by atoms with E-state index in [1.54, 1.807) is 29.5 Å². The SMILES string of the molecule is N=C(N)c1c(Cl)cccc1OCCc1ccsc1. The summed E-state index contributed by atoms with van der Waals surface area (Å²) in [5.41, 5.74) is 7.21. The lowest BCUT2D eigenvalue weighted by atomic mass is 10.2. The average Bonchev–Trinajstić information content (AvgIpc) is 2.81. The third kappa shape index (κ3) is 3.03. The summed E-state index contributed by atoms with van der Waals surface area (Å²) >= 11 is 7.67. The Hall–Kier alpha value is -1.52. The first-order valence-electron chi connectivity index (χ1n) is 5.45. The van der Waals surface area contributed by atoms with Crippen molar-refractivity contribution in [3.8, 4) is 5.75 Å². The Morgan fingerprint density at radius 3 is 2.89 bits per heavy atom. The number of ether oxygens (including phenoxy) is 1. The number of hydrogen-bond acceptors (Lipinski definition) is 3. The molecule has 1 aromatic heterocycles. The molecule has 0 atom stereocenters. The zero-order valence-electron chi connectivity index (χ0n) is 9.65. The summed E-state index contributed by atoms with van der Waals surface area (Å²) in [7, 11) is 0. The topological polar surface area (TPSA) is 59.1 Å². The van der Waals surface area contributed by atoms with E-state index in [9.17, 15) is 0 Å². The predicted molar refractivity (Wildman–Crippen MR) is 76.0 cm³/mol. The van der Waals surface area contributed by atoms with Crippen molar-refractivity contribution >= 4 is 28.8 Å². The van der Waals surface area contributed by atoms with Crippen LogP contribution in [0.15, 0.2) is 35.0 Å². The van der Waals surface area contributed by atoms with Gasteiger partial charge < -0.3 is 10.5 Å². The summed E-state index contributed by atoms with van der Waals surface area (Å²) in [6.07, 6.45) is 0.827.